The van der Waals surface area contributed by atoms with E-state index >= 15 is 0 Å². The molecule has 25 heavy (non-hydrogen) atoms. The second-order valence-electron chi connectivity index (χ2n) is 5.71. The van der Waals surface area contributed by atoms with Gasteiger partial charge in [-0.2, -0.15) is 9.78 Å². The average molecular weight is 371 g/mol. The van der Waals surface area contributed by atoms with Crippen LogP contribution >= 0.6 is 23.4 Å². The summed E-state index contributed by atoms with van der Waals surface area (Å²) in [7, 11) is 1.66. The maximum atomic E-state index is 12.5. The van der Waals surface area contributed by atoms with Gasteiger partial charge in [-0.05, 0) is 54.4 Å². The van der Waals surface area contributed by atoms with Gasteiger partial charge in [0.25, 0.3) is 5.56 Å². The van der Waals surface area contributed by atoms with E-state index < -0.39 is 0 Å². The third-order valence-electron chi connectivity index (χ3n) is 4.15. The van der Waals surface area contributed by atoms with Crippen LogP contribution in [0.15, 0.2) is 58.2 Å². The molecule has 1 aromatic heterocycles. The Bertz CT molecular complexity index is 999. The van der Waals surface area contributed by atoms with Gasteiger partial charge in [-0.1, -0.05) is 11.6 Å². The Labute approximate surface area is 154 Å². The van der Waals surface area contributed by atoms with Crippen molar-refractivity contribution in [2.45, 2.75) is 11.3 Å². The van der Waals surface area contributed by atoms with Crippen molar-refractivity contribution in [2.24, 2.45) is 0 Å². The normalized spacial score (nSPS) is 12.9. The molecule has 2 aromatic carbocycles. The quantitative estimate of drug-likeness (QED) is 0.677. The monoisotopic (exact) mass is 370 g/mol. The Morgan fingerprint density at radius 1 is 1.16 bits per heavy atom. The first-order valence-corrected chi connectivity index (χ1v) is 9.22. The fourth-order valence-electron chi connectivity index (χ4n) is 2.89. The summed E-state index contributed by atoms with van der Waals surface area (Å²) in [6.07, 6.45) is 0.806. The molecule has 4 nitrogen and oxygen atoms in total. The van der Waals surface area contributed by atoms with Crippen molar-refractivity contribution in [3.63, 3.8) is 0 Å². The van der Waals surface area contributed by atoms with E-state index in [-0.39, 0.29) is 5.56 Å². The molecule has 6 heteroatoms. The summed E-state index contributed by atoms with van der Waals surface area (Å²) >= 11 is 7.71. The number of rotatable bonds is 2. The molecule has 0 saturated heterocycles. The van der Waals surface area contributed by atoms with E-state index in [2.05, 4.69) is 5.10 Å². The van der Waals surface area contributed by atoms with E-state index in [1.807, 2.05) is 18.2 Å². The third-order valence-corrected chi connectivity index (χ3v) is 5.46. The van der Waals surface area contributed by atoms with Crippen molar-refractivity contribution >= 4 is 23.4 Å². The molecule has 0 saturated carbocycles. The SMILES string of the molecule is COc1ccc2c(c1)SCCc1cc(=O)n(-c3ccc(Cl)cc3)nc1-2. The van der Waals surface area contributed by atoms with Crippen LogP contribution in [0.4, 0.5) is 0 Å². The van der Waals surface area contributed by atoms with Gasteiger partial charge in [0.15, 0.2) is 0 Å². The van der Waals surface area contributed by atoms with Crippen molar-refractivity contribution in [1.29, 1.82) is 0 Å². The average Bonchev–Trinajstić information content (AvgIpc) is 2.80. The zero-order valence-electron chi connectivity index (χ0n) is 13.5. The van der Waals surface area contributed by atoms with Gasteiger partial charge in [-0.3, -0.25) is 4.79 Å². The van der Waals surface area contributed by atoms with Gasteiger partial charge < -0.3 is 4.74 Å². The molecular formula is C19H15ClN2O2S. The Kier molecular flexibility index (Phi) is 4.27. The van der Waals surface area contributed by atoms with Gasteiger partial charge in [0.1, 0.15) is 5.75 Å². The molecule has 0 bridgehead atoms. The molecule has 1 aliphatic heterocycles. The van der Waals surface area contributed by atoms with E-state index in [1.165, 1.54) is 4.68 Å². The number of halogens is 1. The van der Waals surface area contributed by atoms with E-state index in [4.69, 9.17) is 16.3 Å². The van der Waals surface area contributed by atoms with Crippen molar-refractivity contribution in [1.82, 2.24) is 9.78 Å². The highest BCUT2D eigenvalue weighted by atomic mass is 35.5. The van der Waals surface area contributed by atoms with E-state index in [0.717, 1.165) is 39.6 Å². The highest BCUT2D eigenvalue weighted by molar-refractivity contribution is 7.99. The van der Waals surface area contributed by atoms with Crippen LogP contribution in [0, 0.1) is 0 Å². The summed E-state index contributed by atoms with van der Waals surface area (Å²) in [5.74, 6) is 1.72. The summed E-state index contributed by atoms with van der Waals surface area (Å²) in [6, 6.07) is 14.7. The topological polar surface area (TPSA) is 44.1 Å². The zero-order valence-corrected chi connectivity index (χ0v) is 15.1. The van der Waals surface area contributed by atoms with Crippen molar-refractivity contribution in [3.05, 3.63) is 69.5 Å². The molecule has 3 aromatic rings. The Morgan fingerprint density at radius 3 is 2.72 bits per heavy atom. The van der Waals surface area contributed by atoms with Crippen LogP contribution in [0.1, 0.15) is 5.56 Å². The first kappa shape index (κ1) is 16.2. The molecule has 0 amide bonds. The predicted molar refractivity (Wildman–Crippen MR) is 101 cm³/mol. The predicted octanol–water partition coefficient (Wildman–Crippen LogP) is 4.21. The molecule has 2 heterocycles. The maximum Gasteiger partial charge on any atom is 0.271 e. The van der Waals surface area contributed by atoms with Crippen LogP contribution in [0.5, 0.6) is 5.75 Å². The van der Waals surface area contributed by atoms with Gasteiger partial charge >= 0.3 is 0 Å². The van der Waals surface area contributed by atoms with E-state index in [9.17, 15) is 4.79 Å². The maximum absolute atomic E-state index is 12.5. The second-order valence-corrected chi connectivity index (χ2v) is 7.28. The number of fused-ring (bicyclic) bond motifs is 3. The Morgan fingerprint density at radius 2 is 1.96 bits per heavy atom. The van der Waals surface area contributed by atoms with Crippen molar-refractivity contribution in [2.75, 3.05) is 12.9 Å². The summed E-state index contributed by atoms with van der Waals surface area (Å²) in [4.78, 5) is 13.7. The minimum Gasteiger partial charge on any atom is -0.497 e. The fraction of sp³-hybridized carbons (Fsp3) is 0.158. The highest BCUT2D eigenvalue weighted by Gasteiger charge is 2.19. The highest BCUT2D eigenvalue weighted by Crippen LogP contribution is 2.38. The largest absolute Gasteiger partial charge is 0.497 e. The molecular weight excluding hydrogens is 356 g/mol. The number of ether oxygens (including phenoxy) is 1. The van der Waals surface area contributed by atoms with Crippen LogP contribution in [0.25, 0.3) is 16.9 Å². The smallest absolute Gasteiger partial charge is 0.271 e. The molecule has 0 atom stereocenters. The lowest BCUT2D eigenvalue weighted by Crippen LogP contribution is -2.22. The number of hydrogen-bond donors (Lipinski definition) is 0. The van der Waals surface area contributed by atoms with E-state index in [0.29, 0.717) is 10.7 Å². The lowest BCUT2D eigenvalue weighted by molar-refractivity contribution is 0.414. The number of hydrogen-bond acceptors (Lipinski definition) is 4. The van der Waals surface area contributed by atoms with Gasteiger partial charge in [-0.25, -0.2) is 0 Å². The number of nitrogens with zero attached hydrogens (tertiary/aromatic N) is 2. The lowest BCUT2D eigenvalue weighted by atomic mass is 10.0. The number of benzene rings is 2. The summed E-state index contributed by atoms with van der Waals surface area (Å²) in [6.45, 7) is 0. The Balaban J connectivity index is 1.91. The van der Waals surface area contributed by atoms with Gasteiger partial charge in [0.2, 0.25) is 0 Å². The standard InChI is InChI=1S/C19H15ClN2O2S/c1-24-15-6-7-16-17(11-15)25-9-8-12-10-18(23)22(21-19(12)16)14-4-2-13(20)3-5-14/h2-7,10-11H,8-9H2,1H3. The van der Waals surface area contributed by atoms with Crippen LogP contribution in [0.3, 0.4) is 0 Å². The minimum absolute atomic E-state index is 0.136. The molecule has 0 spiro atoms. The summed E-state index contributed by atoms with van der Waals surface area (Å²) < 4.78 is 6.76. The van der Waals surface area contributed by atoms with Gasteiger partial charge in [0.05, 0.1) is 18.5 Å². The first-order valence-electron chi connectivity index (χ1n) is 7.86. The lowest BCUT2D eigenvalue weighted by Gasteiger charge is -2.12. The molecule has 0 radical (unpaired) electrons. The number of thioether (sulfide) groups is 1. The van der Waals surface area contributed by atoms with Crippen molar-refractivity contribution in [3.8, 4) is 22.7 Å². The van der Waals surface area contributed by atoms with Crippen molar-refractivity contribution < 1.29 is 4.74 Å². The van der Waals surface area contributed by atoms with Crippen LogP contribution in [-0.4, -0.2) is 22.6 Å². The number of aromatic nitrogens is 2. The molecule has 0 N–H and O–H groups in total. The minimum atomic E-state index is -0.136. The Hall–Kier alpha value is -2.24. The molecule has 126 valence electrons. The van der Waals surface area contributed by atoms with Gasteiger partial charge in [0, 0.05) is 27.3 Å². The first-order chi connectivity index (χ1) is 12.2. The van der Waals surface area contributed by atoms with E-state index in [1.54, 1.807) is 49.2 Å². The summed E-state index contributed by atoms with van der Waals surface area (Å²) in [5, 5.41) is 5.30. The molecule has 0 fully saturated rings. The third kappa shape index (κ3) is 3.05. The van der Waals surface area contributed by atoms with Crippen LogP contribution < -0.4 is 10.3 Å². The number of methoxy groups -OCH3 is 1. The van der Waals surface area contributed by atoms with Crippen LogP contribution in [-0.2, 0) is 6.42 Å². The second kappa shape index (κ2) is 6.58. The zero-order chi connectivity index (χ0) is 17.4. The summed E-state index contributed by atoms with van der Waals surface area (Å²) in [5.41, 5.74) is 3.41. The fourth-order valence-corrected chi connectivity index (χ4v) is 4.08. The number of aryl methyl sites for hydroxylation is 1. The molecule has 4 rings (SSSR count). The van der Waals surface area contributed by atoms with Crippen LogP contribution in [0.2, 0.25) is 5.02 Å². The molecule has 0 unspecified atom stereocenters. The van der Waals surface area contributed by atoms with Gasteiger partial charge in [-0.15, -0.1) is 11.8 Å². The molecule has 0 aliphatic carbocycles. The molecule has 1 aliphatic rings.